The van der Waals surface area contributed by atoms with Crippen LogP contribution in [-0.2, 0) is 26.2 Å². The Kier molecular flexibility index (Phi) is 9.14. The fraction of sp³-hybridized carbons (Fsp3) is 0.440. The molecule has 1 atom stereocenters. The van der Waals surface area contributed by atoms with Crippen molar-refractivity contribution in [1.82, 2.24) is 10.2 Å². The quantitative estimate of drug-likeness (QED) is 0.552. The van der Waals surface area contributed by atoms with Gasteiger partial charge in [-0.2, -0.15) is 0 Å². The lowest BCUT2D eigenvalue weighted by atomic mass is 10.0. The molecule has 1 N–H and O–H groups in total. The van der Waals surface area contributed by atoms with E-state index in [1.807, 2.05) is 58.9 Å². The SMILES string of the molecule is CC[C@H](C(=O)NC(C)(C)C)N(Cc1cccc(C)c1)C(=O)CN(c1cccc(Cl)c1)S(C)(=O)=O. The molecule has 2 aromatic rings. The van der Waals surface area contributed by atoms with Crippen molar-refractivity contribution < 1.29 is 18.0 Å². The van der Waals surface area contributed by atoms with Gasteiger partial charge >= 0.3 is 0 Å². The first-order valence-corrected chi connectivity index (χ1v) is 13.3. The number of aryl methyl sites for hydroxylation is 1. The number of rotatable bonds is 9. The summed E-state index contributed by atoms with van der Waals surface area (Å²) < 4.78 is 26.2. The highest BCUT2D eigenvalue weighted by atomic mass is 35.5. The van der Waals surface area contributed by atoms with E-state index in [1.54, 1.807) is 18.2 Å². The zero-order valence-electron chi connectivity index (χ0n) is 20.6. The molecule has 9 heteroatoms. The average Bonchev–Trinajstić information content (AvgIpc) is 2.69. The number of benzene rings is 2. The molecular formula is C25H34ClN3O4S. The van der Waals surface area contributed by atoms with E-state index in [0.717, 1.165) is 21.7 Å². The van der Waals surface area contributed by atoms with Gasteiger partial charge in [0.05, 0.1) is 11.9 Å². The Labute approximate surface area is 208 Å². The maximum atomic E-state index is 13.6. The van der Waals surface area contributed by atoms with Crippen molar-refractivity contribution in [3.8, 4) is 0 Å². The molecule has 0 aliphatic rings. The van der Waals surface area contributed by atoms with Gasteiger partial charge < -0.3 is 10.2 Å². The summed E-state index contributed by atoms with van der Waals surface area (Å²) in [5, 5.41) is 3.30. The van der Waals surface area contributed by atoms with E-state index in [0.29, 0.717) is 11.4 Å². The summed E-state index contributed by atoms with van der Waals surface area (Å²) in [7, 11) is -3.80. The Balaban J connectivity index is 2.46. The number of amides is 2. The summed E-state index contributed by atoms with van der Waals surface area (Å²) in [4.78, 5) is 28.2. The lowest BCUT2D eigenvalue weighted by molar-refractivity contribution is -0.141. The van der Waals surface area contributed by atoms with Gasteiger partial charge in [0.25, 0.3) is 0 Å². The van der Waals surface area contributed by atoms with Crippen LogP contribution in [-0.4, -0.2) is 49.5 Å². The van der Waals surface area contributed by atoms with E-state index in [4.69, 9.17) is 11.6 Å². The Morgan fingerprint density at radius 1 is 1.09 bits per heavy atom. The van der Waals surface area contributed by atoms with Crippen molar-refractivity contribution in [3.05, 3.63) is 64.7 Å². The summed E-state index contributed by atoms with van der Waals surface area (Å²) in [5.41, 5.74) is 1.67. The number of halogens is 1. The van der Waals surface area contributed by atoms with Crippen LogP contribution in [0.5, 0.6) is 0 Å². The molecule has 0 aliphatic carbocycles. The third kappa shape index (κ3) is 8.02. The lowest BCUT2D eigenvalue weighted by Gasteiger charge is -2.34. The summed E-state index contributed by atoms with van der Waals surface area (Å²) in [5.74, 6) is -0.771. The number of sulfonamides is 1. The van der Waals surface area contributed by atoms with Gasteiger partial charge in [0.2, 0.25) is 21.8 Å². The highest BCUT2D eigenvalue weighted by Gasteiger charge is 2.33. The molecule has 2 rings (SSSR count). The molecular weight excluding hydrogens is 474 g/mol. The van der Waals surface area contributed by atoms with Gasteiger partial charge in [-0.25, -0.2) is 8.42 Å². The predicted octanol–water partition coefficient (Wildman–Crippen LogP) is 4.14. The molecule has 0 bridgehead atoms. The zero-order valence-corrected chi connectivity index (χ0v) is 22.2. The van der Waals surface area contributed by atoms with Gasteiger partial charge in [0.1, 0.15) is 12.6 Å². The Hall–Kier alpha value is -2.58. The minimum absolute atomic E-state index is 0.170. The smallest absolute Gasteiger partial charge is 0.244 e. The van der Waals surface area contributed by atoms with Gasteiger partial charge in [0.15, 0.2) is 0 Å². The Morgan fingerprint density at radius 3 is 2.26 bits per heavy atom. The molecule has 0 unspecified atom stereocenters. The molecule has 0 spiro atoms. The predicted molar refractivity (Wildman–Crippen MR) is 137 cm³/mol. The maximum absolute atomic E-state index is 13.6. The number of carbonyl (C=O) groups excluding carboxylic acids is 2. The Morgan fingerprint density at radius 2 is 1.74 bits per heavy atom. The van der Waals surface area contributed by atoms with Gasteiger partial charge in [-0.3, -0.25) is 13.9 Å². The van der Waals surface area contributed by atoms with Crippen LogP contribution < -0.4 is 9.62 Å². The van der Waals surface area contributed by atoms with Crippen molar-refractivity contribution in [3.63, 3.8) is 0 Å². The molecule has 0 saturated heterocycles. The van der Waals surface area contributed by atoms with Gasteiger partial charge in [-0.15, -0.1) is 0 Å². The molecule has 0 aliphatic heterocycles. The van der Waals surface area contributed by atoms with Gasteiger partial charge in [-0.1, -0.05) is 54.4 Å². The maximum Gasteiger partial charge on any atom is 0.244 e. The molecule has 0 saturated carbocycles. The minimum Gasteiger partial charge on any atom is -0.350 e. The molecule has 2 amide bonds. The van der Waals surface area contributed by atoms with Crippen molar-refractivity contribution in [2.24, 2.45) is 0 Å². The van der Waals surface area contributed by atoms with Crippen LogP contribution in [0, 0.1) is 6.92 Å². The summed E-state index contributed by atoms with van der Waals surface area (Å²) in [6.45, 7) is 9.10. The molecule has 0 heterocycles. The van der Waals surface area contributed by atoms with Crippen LogP contribution in [0.15, 0.2) is 48.5 Å². The van der Waals surface area contributed by atoms with E-state index in [9.17, 15) is 18.0 Å². The summed E-state index contributed by atoms with van der Waals surface area (Å²) >= 11 is 6.07. The average molecular weight is 508 g/mol. The number of hydrogen-bond acceptors (Lipinski definition) is 4. The van der Waals surface area contributed by atoms with Crippen LogP contribution in [0.1, 0.15) is 45.2 Å². The van der Waals surface area contributed by atoms with Gasteiger partial charge in [0, 0.05) is 17.1 Å². The summed E-state index contributed by atoms with van der Waals surface area (Å²) in [6, 6.07) is 13.2. The first kappa shape index (κ1) is 27.7. The topological polar surface area (TPSA) is 86.8 Å². The highest BCUT2D eigenvalue weighted by Crippen LogP contribution is 2.23. The molecule has 0 fully saturated rings. The first-order chi connectivity index (χ1) is 15.7. The summed E-state index contributed by atoms with van der Waals surface area (Å²) in [6.07, 6.45) is 1.41. The van der Waals surface area contributed by atoms with Crippen LogP contribution >= 0.6 is 11.6 Å². The fourth-order valence-corrected chi connectivity index (χ4v) is 4.65. The van der Waals surface area contributed by atoms with Crippen LogP contribution in [0.2, 0.25) is 5.02 Å². The van der Waals surface area contributed by atoms with Crippen molar-refractivity contribution in [2.45, 2.75) is 59.2 Å². The number of anilines is 1. The molecule has 34 heavy (non-hydrogen) atoms. The van der Waals surface area contributed by atoms with E-state index in [2.05, 4.69) is 5.32 Å². The van der Waals surface area contributed by atoms with Gasteiger partial charge in [-0.05, 0) is 57.9 Å². The standard InChI is InChI=1S/C25H34ClN3O4S/c1-7-22(24(31)27-25(3,4)5)28(16-19-11-8-10-18(2)14-19)23(30)17-29(34(6,32)33)21-13-9-12-20(26)15-21/h8-15,22H,7,16-17H2,1-6H3,(H,27,31)/t22-/m1/s1. The minimum atomic E-state index is -3.80. The lowest BCUT2D eigenvalue weighted by Crippen LogP contribution is -2.55. The highest BCUT2D eigenvalue weighted by molar-refractivity contribution is 7.92. The second-order valence-electron chi connectivity index (χ2n) is 9.42. The van der Waals surface area contributed by atoms with E-state index < -0.39 is 34.1 Å². The van der Waals surface area contributed by atoms with Crippen LogP contribution in [0.4, 0.5) is 5.69 Å². The number of nitrogens with zero attached hydrogens (tertiary/aromatic N) is 2. The third-order valence-electron chi connectivity index (χ3n) is 5.09. The molecule has 2 aromatic carbocycles. The van der Waals surface area contributed by atoms with E-state index >= 15 is 0 Å². The van der Waals surface area contributed by atoms with Crippen LogP contribution in [0.25, 0.3) is 0 Å². The molecule has 0 radical (unpaired) electrons. The normalized spacial score (nSPS) is 12.7. The van der Waals surface area contributed by atoms with E-state index in [1.165, 1.54) is 11.0 Å². The third-order valence-corrected chi connectivity index (χ3v) is 6.47. The number of carbonyl (C=O) groups is 2. The van der Waals surface area contributed by atoms with Crippen molar-refractivity contribution in [1.29, 1.82) is 0 Å². The molecule has 0 aromatic heterocycles. The second-order valence-corrected chi connectivity index (χ2v) is 11.8. The first-order valence-electron chi connectivity index (χ1n) is 11.1. The Bertz CT molecular complexity index is 1130. The monoisotopic (exact) mass is 507 g/mol. The zero-order chi connectivity index (χ0) is 25.7. The number of nitrogens with one attached hydrogen (secondary N) is 1. The van der Waals surface area contributed by atoms with Crippen molar-refractivity contribution >= 4 is 39.1 Å². The molecule has 186 valence electrons. The number of hydrogen-bond donors (Lipinski definition) is 1. The largest absolute Gasteiger partial charge is 0.350 e. The van der Waals surface area contributed by atoms with E-state index in [-0.39, 0.29) is 18.1 Å². The van der Waals surface area contributed by atoms with Crippen LogP contribution in [0.3, 0.4) is 0 Å². The fourth-order valence-electron chi connectivity index (χ4n) is 3.62. The second kappa shape index (κ2) is 11.2. The molecule has 7 nitrogen and oxygen atoms in total. The van der Waals surface area contributed by atoms with Crippen molar-refractivity contribution in [2.75, 3.05) is 17.1 Å².